The fourth-order valence-corrected chi connectivity index (χ4v) is 1.26. The number of rotatable bonds is 3. The first kappa shape index (κ1) is 8.88. The third-order valence-electron chi connectivity index (χ3n) is 1.46. The first-order valence-corrected chi connectivity index (χ1v) is 4.77. The van der Waals surface area contributed by atoms with Gasteiger partial charge in [-0.1, -0.05) is 40.3 Å². The highest BCUT2D eigenvalue weighted by Gasteiger charge is 1.90. The van der Waals surface area contributed by atoms with E-state index in [2.05, 4.69) is 40.2 Å². The van der Waals surface area contributed by atoms with Gasteiger partial charge in [-0.05, 0) is 35.9 Å². The van der Waals surface area contributed by atoms with Gasteiger partial charge >= 0.3 is 0 Å². The molecule has 1 rings (SSSR count). The van der Waals surface area contributed by atoms with Gasteiger partial charge in [0.1, 0.15) is 0 Å². The van der Waals surface area contributed by atoms with Gasteiger partial charge in [-0.15, -0.1) is 0 Å². The summed E-state index contributed by atoms with van der Waals surface area (Å²) in [6.07, 6.45) is 2.04. The van der Waals surface area contributed by atoms with Crippen LogP contribution in [0.4, 0.5) is 0 Å². The minimum Gasteiger partial charge on any atom is -0.0935 e. The monoisotopic (exact) mass is 228 g/mol. The molecule has 0 amide bonds. The molecule has 1 aromatic rings. The molecule has 1 aromatic carbocycles. The van der Waals surface area contributed by atoms with Crippen molar-refractivity contribution < 1.29 is 0 Å². The van der Waals surface area contributed by atoms with Crippen molar-refractivity contribution in [2.24, 2.45) is 0 Å². The highest BCUT2D eigenvalue weighted by Crippen LogP contribution is 2.11. The molecule has 0 unspecified atom stereocenters. The summed E-state index contributed by atoms with van der Waals surface area (Å²) in [5.74, 6) is 0. The highest BCUT2D eigenvalue weighted by atomic mass is 79.9. The zero-order chi connectivity index (χ0) is 8.10. The molecule has 0 spiro atoms. The van der Waals surface area contributed by atoms with Gasteiger partial charge in [0.15, 0.2) is 0 Å². The van der Waals surface area contributed by atoms with Crippen LogP contribution in [0.3, 0.4) is 0 Å². The number of hydrogen-bond donors (Lipinski definition) is 0. The maximum Gasteiger partial charge on any atom is 0.0175 e. The van der Waals surface area contributed by atoms with Gasteiger partial charge in [0, 0.05) is 4.47 Å². The van der Waals surface area contributed by atoms with Crippen molar-refractivity contribution in [1.82, 2.24) is 0 Å². The van der Waals surface area contributed by atoms with E-state index in [0.29, 0.717) is 0 Å². The highest BCUT2D eigenvalue weighted by molar-refractivity contribution is 9.10. The third kappa shape index (κ3) is 3.12. The fraction of sp³-hybridized carbons (Fsp3) is 0.222. The van der Waals surface area contributed by atoms with Crippen LogP contribution in [0.15, 0.2) is 28.7 Å². The van der Waals surface area contributed by atoms with Gasteiger partial charge in [0.25, 0.3) is 0 Å². The second-order valence-corrected chi connectivity index (χ2v) is 3.58. The molecule has 0 bridgehead atoms. The summed E-state index contributed by atoms with van der Waals surface area (Å²) in [4.78, 5) is 0. The molecule has 58 valence electrons. The summed E-state index contributed by atoms with van der Waals surface area (Å²) in [5.41, 5.74) is 1.34. The first-order chi connectivity index (χ1) is 5.33. The second kappa shape index (κ2) is 4.62. The van der Waals surface area contributed by atoms with E-state index in [9.17, 15) is 0 Å². The Labute approximate surface area is 80.8 Å². The van der Waals surface area contributed by atoms with Gasteiger partial charge in [0.2, 0.25) is 0 Å². The molecule has 0 heterocycles. The molecule has 0 saturated carbocycles. The van der Waals surface area contributed by atoms with E-state index in [1.54, 1.807) is 5.37 Å². The SMILES string of the molecule is S=CCCc1ccc(Br)cc1. The predicted octanol–water partition coefficient (Wildman–Crippen LogP) is 3.38. The van der Waals surface area contributed by atoms with Crippen molar-refractivity contribution in [2.45, 2.75) is 12.8 Å². The van der Waals surface area contributed by atoms with Crippen LogP contribution in [0.2, 0.25) is 0 Å². The van der Waals surface area contributed by atoms with Crippen LogP contribution >= 0.6 is 28.1 Å². The molecule has 0 saturated heterocycles. The van der Waals surface area contributed by atoms with Crippen molar-refractivity contribution in [3.05, 3.63) is 34.3 Å². The van der Waals surface area contributed by atoms with E-state index in [0.717, 1.165) is 17.3 Å². The zero-order valence-corrected chi connectivity index (χ0v) is 8.49. The lowest BCUT2D eigenvalue weighted by atomic mass is 10.1. The van der Waals surface area contributed by atoms with E-state index < -0.39 is 0 Å². The number of halogens is 1. The van der Waals surface area contributed by atoms with Crippen LogP contribution < -0.4 is 0 Å². The van der Waals surface area contributed by atoms with Crippen LogP contribution in [0.25, 0.3) is 0 Å². The molecule has 0 aliphatic carbocycles. The molecule has 0 aliphatic heterocycles. The summed E-state index contributed by atoms with van der Waals surface area (Å²) in [6, 6.07) is 8.34. The molecular formula is C9H9BrS. The molecule has 0 nitrogen and oxygen atoms in total. The minimum atomic E-state index is 0.983. The lowest BCUT2D eigenvalue weighted by Crippen LogP contribution is -1.83. The summed E-state index contributed by atoms with van der Waals surface area (Å²) in [7, 11) is 0. The lowest BCUT2D eigenvalue weighted by Gasteiger charge is -1.96. The van der Waals surface area contributed by atoms with Crippen LogP contribution in [-0.2, 0) is 6.42 Å². The first-order valence-electron chi connectivity index (χ1n) is 3.51. The van der Waals surface area contributed by atoms with Crippen LogP contribution in [0, 0.1) is 0 Å². The van der Waals surface area contributed by atoms with E-state index in [-0.39, 0.29) is 0 Å². The van der Waals surface area contributed by atoms with E-state index in [1.807, 2.05) is 0 Å². The van der Waals surface area contributed by atoms with Crippen molar-refractivity contribution in [2.75, 3.05) is 0 Å². The molecule has 0 radical (unpaired) electrons. The number of hydrogen-bond acceptors (Lipinski definition) is 1. The Morgan fingerprint density at radius 2 is 1.91 bits per heavy atom. The maximum absolute atomic E-state index is 4.74. The Balaban J connectivity index is 2.58. The van der Waals surface area contributed by atoms with Crippen molar-refractivity contribution in [3.8, 4) is 0 Å². The molecule has 11 heavy (non-hydrogen) atoms. The Morgan fingerprint density at radius 1 is 1.27 bits per heavy atom. The van der Waals surface area contributed by atoms with E-state index in [1.165, 1.54) is 5.56 Å². The Bertz CT molecular complexity index is 228. The molecule has 0 fully saturated rings. The van der Waals surface area contributed by atoms with Crippen molar-refractivity contribution in [1.29, 1.82) is 0 Å². The Kier molecular flexibility index (Phi) is 3.73. The Morgan fingerprint density at radius 3 is 2.45 bits per heavy atom. The summed E-state index contributed by atoms with van der Waals surface area (Å²) < 4.78 is 1.13. The van der Waals surface area contributed by atoms with Crippen LogP contribution in [0.1, 0.15) is 12.0 Å². The average molecular weight is 229 g/mol. The second-order valence-electron chi connectivity index (χ2n) is 2.33. The zero-order valence-electron chi connectivity index (χ0n) is 6.09. The lowest BCUT2D eigenvalue weighted by molar-refractivity contribution is 1.06. The van der Waals surface area contributed by atoms with Gasteiger partial charge in [-0.2, -0.15) is 0 Å². The fourth-order valence-electron chi connectivity index (χ4n) is 0.877. The molecule has 0 aliphatic rings. The number of benzene rings is 1. The summed E-state index contributed by atoms with van der Waals surface area (Å²) in [5, 5.41) is 1.78. The molecule has 0 atom stereocenters. The summed E-state index contributed by atoms with van der Waals surface area (Å²) >= 11 is 8.13. The largest absolute Gasteiger partial charge is 0.0935 e. The van der Waals surface area contributed by atoms with Crippen molar-refractivity contribution >= 4 is 33.5 Å². The molecular weight excluding hydrogens is 220 g/mol. The predicted molar refractivity (Wildman–Crippen MR) is 56.1 cm³/mol. The number of thiocarbonyl (C=S) groups is 1. The quantitative estimate of drug-likeness (QED) is 0.716. The van der Waals surface area contributed by atoms with Crippen LogP contribution in [-0.4, -0.2) is 5.37 Å². The standard InChI is InChI=1S/C9H9BrS/c10-9-5-3-8(4-6-9)2-1-7-11/h3-7H,1-2H2. The average Bonchev–Trinajstić information content (AvgIpc) is 2.04. The Hall–Kier alpha value is -0.210. The van der Waals surface area contributed by atoms with E-state index in [4.69, 9.17) is 12.2 Å². The topological polar surface area (TPSA) is 0 Å². The molecule has 0 N–H and O–H groups in total. The van der Waals surface area contributed by atoms with Gasteiger partial charge < -0.3 is 0 Å². The normalized spacial score (nSPS) is 9.55. The molecule has 2 heteroatoms. The van der Waals surface area contributed by atoms with Crippen molar-refractivity contribution in [3.63, 3.8) is 0 Å². The molecule has 0 aromatic heterocycles. The minimum absolute atomic E-state index is 0.983. The number of aryl methyl sites for hydroxylation is 1. The van der Waals surface area contributed by atoms with Crippen LogP contribution in [0.5, 0.6) is 0 Å². The smallest absolute Gasteiger partial charge is 0.0175 e. The van der Waals surface area contributed by atoms with E-state index >= 15 is 0 Å². The van der Waals surface area contributed by atoms with Gasteiger partial charge in [-0.25, -0.2) is 0 Å². The van der Waals surface area contributed by atoms with Gasteiger partial charge in [-0.3, -0.25) is 0 Å². The van der Waals surface area contributed by atoms with Gasteiger partial charge in [0.05, 0.1) is 0 Å². The third-order valence-corrected chi connectivity index (χ3v) is 2.23. The maximum atomic E-state index is 4.74. The summed E-state index contributed by atoms with van der Waals surface area (Å²) in [6.45, 7) is 0.